The van der Waals surface area contributed by atoms with E-state index in [0.717, 1.165) is 24.2 Å². The molecule has 6 nitrogen and oxygen atoms in total. The molecular formula is C27H37NO5S. The van der Waals surface area contributed by atoms with E-state index >= 15 is 0 Å². The van der Waals surface area contributed by atoms with Crippen LogP contribution in [0.1, 0.15) is 87.2 Å². The molecule has 34 heavy (non-hydrogen) atoms. The molecule has 0 aromatic carbocycles. The summed E-state index contributed by atoms with van der Waals surface area (Å²) in [7, 11) is 1.57. The second kappa shape index (κ2) is 10.6. The van der Waals surface area contributed by atoms with E-state index in [9.17, 15) is 19.8 Å². The summed E-state index contributed by atoms with van der Waals surface area (Å²) in [6, 6.07) is 1.60. The van der Waals surface area contributed by atoms with Crippen LogP contribution in [-0.2, 0) is 9.53 Å². The Hall–Kier alpha value is -2.14. The van der Waals surface area contributed by atoms with Crippen LogP contribution in [0.15, 0.2) is 17.7 Å². The highest BCUT2D eigenvalue weighted by atomic mass is 32.1. The van der Waals surface area contributed by atoms with Crippen LogP contribution in [0.3, 0.4) is 0 Å². The number of ether oxygens (including phenoxy) is 1. The summed E-state index contributed by atoms with van der Waals surface area (Å²) < 4.78 is 5.20. The molecule has 1 fully saturated rings. The van der Waals surface area contributed by atoms with Crippen LogP contribution in [-0.4, -0.2) is 47.4 Å². The molecule has 7 heteroatoms. The van der Waals surface area contributed by atoms with Crippen LogP contribution in [0.25, 0.3) is 0 Å². The number of hydrogen-bond donors (Lipinski definition) is 2. The van der Waals surface area contributed by atoms with Crippen molar-refractivity contribution in [2.45, 2.75) is 84.3 Å². The average molecular weight is 488 g/mol. The number of aliphatic hydroxyl groups is 1. The number of carboxylic acids is 1. The van der Waals surface area contributed by atoms with Gasteiger partial charge in [-0.2, -0.15) is 0 Å². The van der Waals surface area contributed by atoms with Crippen LogP contribution >= 0.6 is 11.3 Å². The van der Waals surface area contributed by atoms with Gasteiger partial charge in [0.2, 0.25) is 5.91 Å². The summed E-state index contributed by atoms with van der Waals surface area (Å²) in [5.41, 5.74) is 0.608. The smallest absolute Gasteiger partial charge is 0.348 e. The second-order valence-corrected chi connectivity index (χ2v) is 11.8. The van der Waals surface area contributed by atoms with Gasteiger partial charge in [-0.25, -0.2) is 4.79 Å². The second-order valence-electron chi connectivity index (χ2n) is 10.7. The Balaban J connectivity index is 2.00. The van der Waals surface area contributed by atoms with Gasteiger partial charge in [0.05, 0.1) is 22.8 Å². The van der Waals surface area contributed by atoms with Crippen molar-refractivity contribution in [3.8, 4) is 11.8 Å². The number of carboxylic acid groups (broad SMARTS) is 1. The minimum Gasteiger partial charge on any atom is -0.477 e. The highest BCUT2D eigenvalue weighted by molar-refractivity contribution is 7.15. The molecule has 0 unspecified atom stereocenters. The van der Waals surface area contributed by atoms with E-state index in [4.69, 9.17) is 4.74 Å². The van der Waals surface area contributed by atoms with Crippen molar-refractivity contribution in [1.82, 2.24) is 0 Å². The van der Waals surface area contributed by atoms with E-state index in [0.29, 0.717) is 42.7 Å². The number of amides is 1. The molecule has 1 saturated carbocycles. The quantitative estimate of drug-likeness (QED) is 0.423. The van der Waals surface area contributed by atoms with Crippen molar-refractivity contribution < 1.29 is 24.5 Å². The number of allylic oxidation sites excluding steroid dienone is 2. The number of nitrogens with zero attached hydrogens (tertiary/aromatic N) is 1. The number of carbonyl (C=O) groups excluding carboxylic acids is 1. The van der Waals surface area contributed by atoms with Gasteiger partial charge in [-0.3, -0.25) is 4.79 Å². The van der Waals surface area contributed by atoms with Crippen LogP contribution in [0.4, 0.5) is 5.69 Å². The van der Waals surface area contributed by atoms with Crippen LogP contribution in [0, 0.1) is 23.2 Å². The third kappa shape index (κ3) is 6.50. The lowest BCUT2D eigenvalue weighted by atomic mass is 9.81. The van der Waals surface area contributed by atoms with Gasteiger partial charge in [0.1, 0.15) is 4.88 Å². The molecule has 186 valence electrons. The SMILES string of the molecule is COCC1(O)CCC(N(C(=O)[C@H]2CC=C(C)CC2)c2cc(C#CC(C)(C)C)sc2C(=O)O)CC1. The first-order valence-electron chi connectivity index (χ1n) is 12.0. The van der Waals surface area contributed by atoms with E-state index in [1.54, 1.807) is 18.1 Å². The number of carbonyl (C=O) groups is 2. The van der Waals surface area contributed by atoms with Gasteiger partial charge in [0.25, 0.3) is 0 Å². The van der Waals surface area contributed by atoms with Gasteiger partial charge >= 0.3 is 5.97 Å². The third-order valence-electron chi connectivity index (χ3n) is 6.62. The van der Waals surface area contributed by atoms with E-state index in [2.05, 4.69) is 24.8 Å². The van der Waals surface area contributed by atoms with Crippen molar-refractivity contribution in [3.05, 3.63) is 27.5 Å². The van der Waals surface area contributed by atoms with Gasteiger partial charge in [-0.1, -0.05) is 23.5 Å². The van der Waals surface area contributed by atoms with Gasteiger partial charge in [-0.15, -0.1) is 11.3 Å². The first-order chi connectivity index (χ1) is 15.9. The molecule has 1 aromatic heterocycles. The molecule has 2 aliphatic rings. The summed E-state index contributed by atoms with van der Waals surface area (Å²) in [6.45, 7) is 8.35. The first kappa shape index (κ1) is 26.5. The fraction of sp³-hybridized carbons (Fsp3) is 0.630. The van der Waals surface area contributed by atoms with Gasteiger partial charge in [0.15, 0.2) is 0 Å². The molecule has 1 atom stereocenters. The fourth-order valence-electron chi connectivity index (χ4n) is 4.72. The number of rotatable bonds is 6. The molecule has 2 aliphatic carbocycles. The fourth-order valence-corrected chi connectivity index (χ4v) is 5.56. The Labute approximate surface area is 207 Å². The highest BCUT2D eigenvalue weighted by Gasteiger charge is 2.40. The molecule has 0 radical (unpaired) electrons. The lowest BCUT2D eigenvalue weighted by Crippen LogP contribution is -2.50. The summed E-state index contributed by atoms with van der Waals surface area (Å²) in [6.07, 6.45) is 6.61. The number of aromatic carboxylic acids is 1. The number of methoxy groups -OCH3 is 1. The van der Waals surface area contributed by atoms with Gasteiger partial charge in [0, 0.05) is 24.5 Å². The van der Waals surface area contributed by atoms with Crippen molar-refractivity contribution >= 4 is 28.9 Å². The third-order valence-corrected chi connectivity index (χ3v) is 7.64. The van der Waals surface area contributed by atoms with Crippen molar-refractivity contribution in [2.24, 2.45) is 11.3 Å². The zero-order valence-electron chi connectivity index (χ0n) is 20.9. The molecule has 3 rings (SSSR count). The number of anilines is 1. The first-order valence-corrected chi connectivity index (χ1v) is 12.8. The minimum atomic E-state index is -1.05. The standard InChI is InChI=1S/C27H37NO5S/c1-18-6-8-19(9-7-18)24(29)28(20-10-14-27(32,15-11-20)17-33-5)22-16-21(12-13-26(2,3)4)34-23(22)25(30)31/h6,16,19-20,32H,7-11,14-15,17H2,1-5H3,(H,30,31)/t19-,20?,27?/m0/s1. The Morgan fingerprint density at radius 2 is 1.94 bits per heavy atom. The lowest BCUT2D eigenvalue weighted by Gasteiger charge is -2.41. The van der Waals surface area contributed by atoms with E-state index in [-0.39, 0.29) is 34.8 Å². The monoisotopic (exact) mass is 487 g/mol. The molecule has 2 N–H and O–H groups in total. The van der Waals surface area contributed by atoms with Crippen LogP contribution < -0.4 is 4.90 Å². The highest BCUT2D eigenvalue weighted by Crippen LogP contribution is 2.39. The van der Waals surface area contributed by atoms with Crippen LogP contribution in [0.5, 0.6) is 0 Å². The van der Waals surface area contributed by atoms with E-state index < -0.39 is 11.6 Å². The summed E-state index contributed by atoms with van der Waals surface area (Å²) >= 11 is 1.12. The zero-order valence-corrected chi connectivity index (χ0v) is 21.8. The topological polar surface area (TPSA) is 87.1 Å². The molecule has 0 bridgehead atoms. The molecule has 1 amide bonds. The predicted molar refractivity (Wildman–Crippen MR) is 135 cm³/mol. The Bertz CT molecular complexity index is 998. The maximum atomic E-state index is 13.9. The molecule has 0 spiro atoms. The minimum absolute atomic E-state index is 0.0263. The van der Waals surface area contributed by atoms with Crippen molar-refractivity contribution in [1.29, 1.82) is 0 Å². The Morgan fingerprint density at radius 3 is 2.47 bits per heavy atom. The molecule has 1 aromatic rings. The van der Waals surface area contributed by atoms with E-state index in [1.165, 1.54) is 5.57 Å². The number of thiophene rings is 1. The van der Waals surface area contributed by atoms with Crippen molar-refractivity contribution in [3.63, 3.8) is 0 Å². The maximum absolute atomic E-state index is 13.9. The normalized spacial score (nSPS) is 25.2. The predicted octanol–water partition coefficient (Wildman–Crippen LogP) is 5.24. The van der Waals surface area contributed by atoms with E-state index in [1.807, 2.05) is 20.8 Å². The molecule has 0 saturated heterocycles. The summed E-state index contributed by atoms with van der Waals surface area (Å²) in [5.74, 6) is 5.03. The lowest BCUT2D eigenvalue weighted by molar-refractivity contribution is -0.124. The summed E-state index contributed by atoms with van der Waals surface area (Å²) in [4.78, 5) is 28.6. The van der Waals surface area contributed by atoms with Gasteiger partial charge < -0.3 is 19.8 Å². The van der Waals surface area contributed by atoms with Gasteiger partial charge in [-0.05, 0) is 78.7 Å². The molecule has 0 aliphatic heterocycles. The molecule has 1 heterocycles. The summed E-state index contributed by atoms with van der Waals surface area (Å²) in [5, 5.41) is 20.8. The van der Waals surface area contributed by atoms with Crippen LogP contribution in [0.2, 0.25) is 0 Å². The largest absolute Gasteiger partial charge is 0.477 e. The number of hydrogen-bond acceptors (Lipinski definition) is 5. The average Bonchev–Trinajstić information content (AvgIpc) is 3.18. The van der Waals surface area contributed by atoms with Crippen molar-refractivity contribution in [2.75, 3.05) is 18.6 Å². The Morgan fingerprint density at radius 1 is 1.26 bits per heavy atom. The zero-order chi connectivity index (χ0) is 25.1. The Kier molecular flexibility index (Phi) is 8.28. The molecular weight excluding hydrogens is 450 g/mol. The maximum Gasteiger partial charge on any atom is 0.348 e.